The number of hydrogen-bond donors (Lipinski definition) is 1. The van der Waals surface area contributed by atoms with Crippen LogP contribution in [-0.4, -0.2) is 19.8 Å². The van der Waals surface area contributed by atoms with Crippen LogP contribution in [0.2, 0.25) is 0 Å². The number of ether oxygens (including phenoxy) is 2. The Morgan fingerprint density at radius 2 is 2.16 bits per heavy atom. The summed E-state index contributed by atoms with van der Waals surface area (Å²) < 4.78 is 11.2. The quantitative estimate of drug-likeness (QED) is 0.780. The van der Waals surface area contributed by atoms with E-state index in [1.807, 2.05) is 12.1 Å². The Morgan fingerprint density at radius 1 is 1.37 bits per heavy atom. The largest absolute Gasteiger partial charge is 0.497 e. The zero-order valence-electron chi connectivity index (χ0n) is 12.2. The van der Waals surface area contributed by atoms with Crippen molar-refractivity contribution in [3.8, 4) is 11.5 Å². The van der Waals surface area contributed by atoms with Crippen molar-refractivity contribution in [2.75, 3.05) is 13.7 Å². The van der Waals surface area contributed by atoms with Gasteiger partial charge in [0.1, 0.15) is 11.5 Å². The summed E-state index contributed by atoms with van der Waals surface area (Å²) in [4.78, 5) is 0. The maximum atomic E-state index is 5.95. The molecule has 2 rings (SSSR count). The minimum atomic E-state index is 0.589. The van der Waals surface area contributed by atoms with E-state index in [2.05, 4.69) is 25.2 Å². The maximum Gasteiger partial charge on any atom is 0.124 e. The van der Waals surface area contributed by atoms with E-state index >= 15 is 0 Å². The second kappa shape index (κ2) is 6.80. The monoisotopic (exact) mass is 263 g/mol. The van der Waals surface area contributed by atoms with Gasteiger partial charge in [-0.15, -0.1) is 0 Å². The topological polar surface area (TPSA) is 30.5 Å². The van der Waals surface area contributed by atoms with Crippen LogP contribution in [0.1, 0.15) is 38.7 Å². The molecular weight excluding hydrogens is 238 g/mol. The van der Waals surface area contributed by atoms with Crippen molar-refractivity contribution in [2.24, 2.45) is 5.92 Å². The second-order valence-electron chi connectivity index (χ2n) is 5.45. The molecule has 1 aliphatic carbocycles. The molecule has 1 aromatic carbocycles. The van der Waals surface area contributed by atoms with Gasteiger partial charge in [0.2, 0.25) is 0 Å². The van der Waals surface area contributed by atoms with Gasteiger partial charge in [-0.25, -0.2) is 0 Å². The molecule has 0 aliphatic heterocycles. The van der Waals surface area contributed by atoms with Gasteiger partial charge in [-0.2, -0.15) is 0 Å². The molecule has 0 aromatic heterocycles. The fourth-order valence-electron chi connectivity index (χ4n) is 1.85. The molecule has 1 aliphatic rings. The summed E-state index contributed by atoms with van der Waals surface area (Å²) >= 11 is 0. The van der Waals surface area contributed by atoms with Gasteiger partial charge in [-0.1, -0.05) is 20.3 Å². The highest BCUT2D eigenvalue weighted by Gasteiger charge is 2.20. The lowest BCUT2D eigenvalue weighted by Crippen LogP contribution is -2.17. The Bertz CT molecular complexity index is 402. The van der Waals surface area contributed by atoms with Crippen molar-refractivity contribution in [1.82, 2.24) is 5.32 Å². The van der Waals surface area contributed by atoms with E-state index in [1.54, 1.807) is 7.11 Å². The Labute approximate surface area is 116 Å². The average Bonchev–Trinajstić information content (AvgIpc) is 3.26. The summed E-state index contributed by atoms with van der Waals surface area (Å²) in [7, 11) is 1.70. The molecule has 1 N–H and O–H groups in total. The highest BCUT2D eigenvalue weighted by Crippen LogP contribution is 2.26. The second-order valence-corrected chi connectivity index (χ2v) is 5.45. The number of rotatable bonds is 8. The molecule has 3 nitrogen and oxygen atoms in total. The van der Waals surface area contributed by atoms with Crippen molar-refractivity contribution in [2.45, 2.75) is 45.7 Å². The molecule has 1 unspecified atom stereocenters. The molecule has 106 valence electrons. The Kier molecular flexibility index (Phi) is 5.08. The smallest absolute Gasteiger partial charge is 0.124 e. The molecule has 0 radical (unpaired) electrons. The first-order valence-corrected chi connectivity index (χ1v) is 7.26. The molecule has 3 heteroatoms. The minimum Gasteiger partial charge on any atom is -0.497 e. The summed E-state index contributed by atoms with van der Waals surface area (Å²) in [5.41, 5.74) is 1.19. The number of methoxy groups -OCH3 is 1. The summed E-state index contributed by atoms with van der Waals surface area (Å²) in [6.45, 7) is 6.04. The van der Waals surface area contributed by atoms with E-state index < -0.39 is 0 Å². The third-order valence-electron chi connectivity index (χ3n) is 3.65. The predicted molar refractivity (Wildman–Crippen MR) is 77.8 cm³/mol. The van der Waals surface area contributed by atoms with Crippen LogP contribution < -0.4 is 14.8 Å². The summed E-state index contributed by atoms with van der Waals surface area (Å²) in [5, 5.41) is 3.53. The molecular formula is C16H25NO2. The van der Waals surface area contributed by atoms with Gasteiger partial charge >= 0.3 is 0 Å². The predicted octanol–water partition coefficient (Wildman–Crippen LogP) is 3.37. The van der Waals surface area contributed by atoms with E-state index in [4.69, 9.17) is 9.47 Å². The SMILES string of the molecule is CCC(C)COc1ccc(OC)cc1CNC1CC1. The van der Waals surface area contributed by atoms with Crippen molar-refractivity contribution < 1.29 is 9.47 Å². The normalized spacial score (nSPS) is 16.2. The third kappa shape index (κ3) is 4.43. The fraction of sp³-hybridized carbons (Fsp3) is 0.625. The van der Waals surface area contributed by atoms with Gasteiger partial charge in [-0.05, 0) is 37.0 Å². The van der Waals surface area contributed by atoms with Crippen LogP contribution in [0.5, 0.6) is 11.5 Å². The summed E-state index contributed by atoms with van der Waals surface area (Å²) in [5.74, 6) is 2.46. The molecule has 0 amide bonds. The van der Waals surface area contributed by atoms with Crippen molar-refractivity contribution in [3.05, 3.63) is 23.8 Å². The Morgan fingerprint density at radius 3 is 2.79 bits per heavy atom. The first-order chi connectivity index (χ1) is 9.22. The average molecular weight is 263 g/mol. The molecule has 0 heterocycles. The molecule has 0 saturated heterocycles. The molecule has 19 heavy (non-hydrogen) atoms. The molecule has 0 bridgehead atoms. The van der Waals surface area contributed by atoms with E-state index in [-0.39, 0.29) is 0 Å². The van der Waals surface area contributed by atoms with E-state index in [9.17, 15) is 0 Å². The fourth-order valence-corrected chi connectivity index (χ4v) is 1.85. The van der Waals surface area contributed by atoms with Gasteiger partial charge in [0.25, 0.3) is 0 Å². The summed E-state index contributed by atoms with van der Waals surface area (Å²) in [6, 6.07) is 6.76. The molecule has 0 spiro atoms. The van der Waals surface area contributed by atoms with Gasteiger partial charge in [0, 0.05) is 18.2 Å². The minimum absolute atomic E-state index is 0.589. The number of benzene rings is 1. The van der Waals surface area contributed by atoms with Crippen molar-refractivity contribution >= 4 is 0 Å². The lowest BCUT2D eigenvalue weighted by Gasteiger charge is -2.16. The van der Waals surface area contributed by atoms with Crippen LogP contribution in [0, 0.1) is 5.92 Å². The maximum absolute atomic E-state index is 5.95. The zero-order valence-corrected chi connectivity index (χ0v) is 12.2. The Hall–Kier alpha value is -1.22. The van der Waals surface area contributed by atoms with E-state index in [1.165, 1.54) is 18.4 Å². The van der Waals surface area contributed by atoms with Gasteiger partial charge < -0.3 is 14.8 Å². The van der Waals surface area contributed by atoms with Crippen LogP contribution in [-0.2, 0) is 6.54 Å². The molecule has 1 fully saturated rings. The summed E-state index contributed by atoms with van der Waals surface area (Å²) in [6.07, 6.45) is 3.74. The first kappa shape index (κ1) is 14.2. The highest BCUT2D eigenvalue weighted by atomic mass is 16.5. The molecule has 1 atom stereocenters. The van der Waals surface area contributed by atoms with Gasteiger partial charge in [0.05, 0.1) is 13.7 Å². The van der Waals surface area contributed by atoms with Gasteiger partial charge in [-0.3, -0.25) is 0 Å². The highest BCUT2D eigenvalue weighted by molar-refractivity contribution is 5.40. The Balaban J connectivity index is 2.01. The molecule has 1 aromatic rings. The van der Waals surface area contributed by atoms with Crippen LogP contribution in [0.4, 0.5) is 0 Å². The third-order valence-corrected chi connectivity index (χ3v) is 3.65. The van der Waals surface area contributed by atoms with Crippen molar-refractivity contribution in [1.29, 1.82) is 0 Å². The van der Waals surface area contributed by atoms with Crippen LogP contribution in [0.3, 0.4) is 0 Å². The van der Waals surface area contributed by atoms with Gasteiger partial charge in [0.15, 0.2) is 0 Å². The van der Waals surface area contributed by atoms with Crippen molar-refractivity contribution in [3.63, 3.8) is 0 Å². The lowest BCUT2D eigenvalue weighted by molar-refractivity contribution is 0.253. The number of hydrogen-bond acceptors (Lipinski definition) is 3. The van der Waals surface area contributed by atoms with Crippen LogP contribution >= 0.6 is 0 Å². The van der Waals surface area contributed by atoms with Crippen LogP contribution in [0.15, 0.2) is 18.2 Å². The first-order valence-electron chi connectivity index (χ1n) is 7.26. The standard InChI is InChI=1S/C16H25NO2/c1-4-12(2)11-19-16-8-7-15(18-3)9-13(16)10-17-14-5-6-14/h7-9,12,14,17H,4-6,10-11H2,1-3H3. The zero-order chi connectivity index (χ0) is 13.7. The molecule has 1 saturated carbocycles. The van der Waals surface area contributed by atoms with E-state index in [0.29, 0.717) is 12.0 Å². The van der Waals surface area contributed by atoms with Crippen LogP contribution in [0.25, 0.3) is 0 Å². The van der Waals surface area contributed by atoms with E-state index in [0.717, 1.165) is 31.1 Å². The lowest BCUT2D eigenvalue weighted by atomic mass is 10.1. The number of nitrogens with one attached hydrogen (secondary N) is 1.